The predicted octanol–water partition coefficient (Wildman–Crippen LogP) is -1.70. The van der Waals surface area contributed by atoms with E-state index in [-0.39, 0.29) is 36.1 Å². The third-order valence-electron chi connectivity index (χ3n) is 3.03. The summed E-state index contributed by atoms with van der Waals surface area (Å²) in [6.45, 7) is 0.268. The second-order valence-electron chi connectivity index (χ2n) is 5.04. The quantitative estimate of drug-likeness (QED) is 0.602. The highest BCUT2D eigenvalue weighted by Gasteiger charge is 2.28. The molecule has 3 N–H and O–H groups in total. The number of carbonyl (C=O) groups excluding carboxylic acids is 1. The Morgan fingerprint density at radius 1 is 1.47 bits per heavy atom. The van der Waals surface area contributed by atoms with Crippen LogP contribution in [0.15, 0.2) is 0 Å². The Morgan fingerprint density at radius 3 is 2.58 bits per heavy atom. The van der Waals surface area contributed by atoms with E-state index in [0.717, 1.165) is 6.26 Å². The van der Waals surface area contributed by atoms with Gasteiger partial charge in [-0.05, 0) is 18.8 Å². The highest BCUT2D eigenvalue weighted by atomic mass is 32.2. The molecule has 1 aliphatic heterocycles. The third-order valence-corrected chi connectivity index (χ3v) is 5.84. The Hall–Kier alpha value is -0.670. The molecular formula is C10H20N2O5S2. The van der Waals surface area contributed by atoms with Crippen molar-refractivity contribution in [2.45, 2.75) is 18.9 Å². The molecular weight excluding hydrogens is 292 g/mol. The van der Waals surface area contributed by atoms with Gasteiger partial charge in [0, 0.05) is 12.8 Å². The zero-order valence-corrected chi connectivity index (χ0v) is 12.5. The van der Waals surface area contributed by atoms with Crippen LogP contribution < -0.4 is 11.1 Å². The summed E-state index contributed by atoms with van der Waals surface area (Å²) in [5, 5.41) is 2.58. The molecule has 112 valence electrons. The minimum absolute atomic E-state index is 0.0631. The van der Waals surface area contributed by atoms with Gasteiger partial charge in [-0.1, -0.05) is 0 Å². The van der Waals surface area contributed by atoms with Gasteiger partial charge >= 0.3 is 0 Å². The lowest BCUT2D eigenvalue weighted by atomic mass is 10.1. The van der Waals surface area contributed by atoms with Crippen LogP contribution in [-0.4, -0.2) is 58.8 Å². The lowest BCUT2D eigenvalue weighted by Gasteiger charge is -2.14. The average Bonchev–Trinajstić information content (AvgIpc) is 2.61. The van der Waals surface area contributed by atoms with Gasteiger partial charge in [-0.2, -0.15) is 0 Å². The number of sulfone groups is 2. The first-order valence-electron chi connectivity index (χ1n) is 6.00. The van der Waals surface area contributed by atoms with Crippen molar-refractivity contribution in [3.05, 3.63) is 0 Å². The zero-order chi connectivity index (χ0) is 14.7. The van der Waals surface area contributed by atoms with Gasteiger partial charge in [0.1, 0.15) is 9.84 Å². The first kappa shape index (κ1) is 16.4. The fourth-order valence-corrected chi connectivity index (χ4v) is 4.43. The molecule has 0 saturated carbocycles. The van der Waals surface area contributed by atoms with Gasteiger partial charge in [-0.3, -0.25) is 4.79 Å². The smallest absolute Gasteiger partial charge is 0.236 e. The average molecular weight is 312 g/mol. The van der Waals surface area contributed by atoms with E-state index in [1.54, 1.807) is 0 Å². The predicted molar refractivity (Wildman–Crippen MR) is 72.1 cm³/mol. The summed E-state index contributed by atoms with van der Waals surface area (Å²) in [4.78, 5) is 11.6. The molecule has 9 heteroatoms. The van der Waals surface area contributed by atoms with E-state index in [0.29, 0.717) is 6.42 Å². The van der Waals surface area contributed by atoms with E-state index in [4.69, 9.17) is 5.73 Å². The van der Waals surface area contributed by atoms with Crippen molar-refractivity contribution in [1.29, 1.82) is 0 Å². The SMILES string of the molecule is CS(=O)(=O)CCC(N)C(=O)NCC1CCS(=O)(=O)C1. The van der Waals surface area contributed by atoms with Crippen molar-refractivity contribution in [3.63, 3.8) is 0 Å². The topological polar surface area (TPSA) is 123 Å². The van der Waals surface area contributed by atoms with Crippen molar-refractivity contribution in [3.8, 4) is 0 Å². The van der Waals surface area contributed by atoms with Gasteiger partial charge in [0.25, 0.3) is 0 Å². The van der Waals surface area contributed by atoms with E-state index < -0.39 is 31.6 Å². The van der Waals surface area contributed by atoms with Crippen LogP contribution in [0.1, 0.15) is 12.8 Å². The van der Waals surface area contributed by atoms with Crippen molar-refractivity contribution in [2.75, 3.05) is 30.1 Å². The van der Waals surface area contributed by atoms with E-state index >= 15 is 0 Å². The highest BCUT2D eigenvalue weighted by molar-refractivity contribution is 7.91. The van der Waals surface area contributed by atoms with Gasteiger partial charge in [0.2, 0.25) is 5.91 Å². The summed E-state index contributed by atoms with van der Waals surface area (Å²) in [5.41, 5.74) is 5.57. The molecule has 0 radical (unpaired) electrons. The third kappa shape index (κ3) is 6.35. The molecule has 0 aromatic heterocycles. The second-order valence-corrected chi connectivity index (χ2v) is 9.53. The second kappa shape index (κ2) is 6.19. The van der Waals surface area contributed by atoms with E-state index in [2.05, 4.69) is 5.32 Å². The zero-order valence-electron chi connectivity index (χ0n) is 10.8. The molecule has 1 rings (SSSR count). The molecule has 0 bridgehead atoms. The van der Waals surface area contributed by atoms with Crippen molar-refractivity contribution < 1.29 is 21.6 Å². The van der Waals surface area contributed by atoms with E-state index in [1.165, 1.54) is 0 Å². The van der Waals surface area contributed by atoms with E-state index in [9.17, 15) is 21.6 Å². The number of hydrogen-bond donors (Lipinski definition) is 2. The van der Waals surface area contributed by atoms with Crippen LogP contribution in [0.5, 0.6) is 0 Å². The molecule has 0 aromatic carbocycles. The van der Waals surface area contributed by atoms with Crippen molar-refractivity contribution >= 4 is 25.6 Å². The first-order valence-corrected chi connectivity index (χ1v) is 9.89. The van der Waals surface area contributed by atoms with Crippen LogP contribution in [0.4, 0.5) is 0 Å². The molecule has 2 unspecified atom stereocenters. The Morgan fingerprint density at radius 2 is 2.11 bits per heavy atom. The standard InChI is InChI=1S/C10H20N2O5S2/c1-18(14,15)4-3-9(11)10(13)12-6-8-2-5-19(16,17)7-8/h8-9H,2-7,11H2,1H3,(H,12,13). The molecule has 2 atom stereocenters. The van der Waals surface area contributed by atoms with Gasteiger partial charge in [-0.25, -0.2) is 16.8 Å². The molecule has 0 aromatic rings. The Kier molecular flexibility index (Phi) is 5.34. The maximum Gasteiger partial charge on any atom is 0.236 e. The number of rotatable bonds is 6. The van der Waals surface area contributed by atoms with Crippen LogP contribution in [0, 0.1) is 5.92 Å². The van der Waals surface area contributed by atoms with Crippen molar-refractivity contribution in [1.82, 2.24) is 5.32 Å². The maximum atomic E-state index is 11.6. The van der Waals surface area contributed by atoms with Gasteiger partial charge in [-0.15, -0.1) is 0 Å². The van der Waals surface area contributed by atoms with Crippen LogP contribution >= 0.6 is 0 Å². The van der Waals surface area contributed by atoms with Crippen LogP contribution in [0.2, 0.25) is 0 Å². The van der Waals surface area contributed by atoms with Crippen molar-refractivity contribution in [2.24, 2.45) is 11.7 Å². The van der Waals surface area contributed by atoms with E-state index in [1.807, 2.05) is 0 Å². The summed E-state index contributed by atoms with van der Waals surface area (Å²) in [5.74, 6) is -0.400. The molecule has 19 heavy (non-hydrogen) atoms. The lowest BCUT2D eigenvalue weighted by molar-refractivity contribution is -0.122. The van der Waals surface area contributed by atoms with Gasteiger partial charge < -0.3 is 11.1 Å². The lowest BCUT2D eigenvalue weighted by Crippen LogP contribution is -2.43. The Labute approximate surface area is 113 Å². The monoisotopic (exact) mass is 312 g/mol. The molecule has 1 amide bonds. The van der Waals surface area contributed by atoms with Gasteiger partial charge in [0.15, 0.2) is 9.84 Å². The number of nitrogens with two attached hydrogens (primary N) is 1. The molecule has 0 aliphatic carbocycles. The summed E-state index contributed by atoms with van der Waals surface area (Å²) < 4.78 is 44.3. The summed E-state index contributed by atoms with van der Waals surface area (Å²) in [6.07, 6.45) is 1.69. The summed E-state index contributed by atoms with van der Waals surface area (Å²) in [7, 11) is -6.09. The Bertz CT molecular complexity index is 526. The normalized spacial score (nSPS) is 24.0. The highest BCUT2D eigenvalue weighted by Crippen LogP contribution is 2.17. The fraction of sp³-hybridized carbons (Fsp3) is 0.900. The van der Waals surface area contributed by atoms with Crippen LogP contribution in [-0.2, 0) is 24.5 Å². The van der Waals surface area contributed by atoms with Crippen LogP contribution in [0.25, 0.3) is 0 Å². The molecule has 1 aliphatic rings. The Balaban J connectivity index is 2.31. The first-order chi connectivity index (χ1) is 8.59. The molecule has 0 spiro atoms. The molecule has 7 nitrogen and oxygen atoms in total. The molecule has 1 heterocycles. The number of nitrogens with one attached hydrogen (secondary N) is 1. The number of amides is 1. The largest absolute Gasteiger partial charge is 0.354 e. The fourth-order valence-electron chi connectivity index (χ4n) is 1.88. The van der Waals surface area contributed by atoms with Crippen LogP contribution in [0.3, 0.4) is 0 Å². The summed E-state index contributed by atoms with van der Waals surface area (Å²) in [6, 6.07) is -0.882. The minimum atomic E-state index is -3.14. The molecule has 1 fully saturated rings. The maximum absolute atomic E-state index is 11.6. The summed E-state index contributed by atoms with van der Waals surface area (Å²) >= 11 is 0. The number of hydrogen-bond acceptors (Lipinski definition) is 6. The number of carbonyl (C=O) groups is 1. The molecule has 1 saturated heterocycles. The van der Waals surface area contributed by atoms with Gasteiger partial charge in [0.05, 0.1) is 23.3 Å². The minimum Gasteiger partial charge on any atom is -0.354 e.